The minimum absolute atomic E-state index is 0. The zero-order valence-electron chi connectivity index (χ0n) is 12.1. The van der Waals surface area contributed by atoms with Gasteiger partial charge in [-0.3, -0.25) is 14.5 Å². The minimum atomic E-state index is -0.896. The summed E-state index contributed by atoms with van der Waals surface area (Å²) in [7, 11) is 1.67. The summed E-state index contributed by atoms with van der Waals surface area (Å²) in [5, 5.41) is 11.2. The highest BCUT2D eigenvalue weighted by Gasteiger charge is 2.08. The van der Waals surface area contributed by atoms with E-state index in [1.807, 2.05) is 0 Å². The molecule has 0 saturated carbocycles. The summed E-state index contributed by atoms with van der Waals surface area (Å²) in [5.74, 6) is -1.42. The van der Waals surface area contributed by atoms with Crippen LogP contribution in [0.1, 0.15) is 17.5 Å². The number of likely N-dealkylation sites (N-methyl/N-ethyl adjacent to an activating group) is 1. The standard InChI is InChI=1S/C14H19FN2O3.ClH/c1-10-3-4-11(7-12(10)15)8-16-13(18)9-17(2)6-5-14(19)20;/h3-4,7H,5-6,8-9H2,1-2H3,(H,16,18)(H,19,20);1H. The summed E-state index contributed by atoms with van der Waals surface area (Å²) in [6, 6.07) is 4.81. The fraction of sp³-hybridized carbons (Fsp3) is 0.429. The Morgan fingerprint density at radius 2 is 2.05 bits per heavy atom. The van der Waals surface area contributed by atoms with Crippen LogP contribution in [0.15, 0.2) is 18.2 Å². The molecule has 1 rings (SSSR count). The van der Waals surface area contributed by atoms with Crippen molar-refractivity contribution in [3.8, 4) is 0 Å². The molecule has 0 spiro atoms. The van der Waals surface area contributed by atoms with Crippen LogP contribution in [0.25, 0.3) is 0 Å². The third-order valence-corrected chi connectivity index (χ3v) is 2.85. The monoisotopic (exact) mass is 318 g/mol. The van der Waals surface area contributed by atoms with Crippen molar-refractivity contribution in [2.24, 2.45) is 0 Å². The van der Waals surface area contributed by atoms with Gasteiger partial charge < -0.3 is 10.4 Å². The second-order valence-electron chi connectivity index (χ2n) is 4.74. The molecule has 0 saturated heterocycles. The number of hydrogen-bond donors (Lipinski definition) is 2. The zero-order chi connectivity index (χ0) is 15.1. The molecule has 2 N–H and O–H groups in total. The van der Waals surface area contributed by atoms with Crippen molar-refractivity contribution in [3.63, 3.8) is 0 Å². The predicted octanol–water partition coefficient (Wildman–Crippen LogP) is 1.58. The summed E-state index contributed by atoms with van der Waals surface area (Å²) >= 11 is 0. The molecule has 1 aromatic rings. The molecule has 7 heteroatoms. The number of aryl methyl sites for hydroxylation is 1. The number of amides is 1. The Hall–Kier alpha value is -1.66. The topological polar surface area (TPSA) is 69.6 Å². The highest BCUT2D eigenvalue weighted by molar-refractivity contribution is 5.85. The first kappa shape index (κ1) is 19.3. The van der Waals surface area contributed by atoms with Crippen LogP contribution >= 0.6 is 12.4 Å². The fourth-order valence-electron chi connectivity index (χ4n) is 1.61. The number of carbonyl (C=O) groups is 2. The molecule has 0 aliphatic carbocycles. The molecule has 0 bridgehead atoms. The van der Waals surface area contributed by atoms with Gasteiger partial charge in [0.1, 0.15) is 5.82 Å². The molecule has 5 nitrogen and oxygen atoms in total. The van der Waals surface area contributed by atoms with Crippen molar-refractivity contribution < 1.29 is 19.1 Å². The van der Waals surface area contributed by atoms with E-state index in [-0.39, 0.29) is 43.6 Å². The van der Waals surface area contributed by atoms with E-state index in [1.54, 1.807) is 31.0 Å². The van der Waals surface area contributed by atoms with E-state index >= 15 is 0 Å². The average molecular weight is 319 g/mol. The number of carboxylic acids is 1. The first-order valence-corrected chi connectivity index (χ1v) is 6.30. The molecule has 0 aliphatic heterocycles. The number of rotatable bonds is 7. The number of aliphatic carboxylic acids is 1. The molecule has 1 amide bonds. The van der Waals surface area contributed by atoms with Crippen LogP contribution in [0.5, 0.6) is 0 Å². The predicted molar refractivity (Wildman–Crippen MR) is 80.0 cm³/mol. The Balaban J connectivity index is 0.00000400. The molecular formula is C14H20ClFN2O3. The second-order valence-corrected chi connectivity index (χ2v) is 4.74. The first-order chi connectivity index (χ1) is 9.38. The average Bonchev–Trinajstić information content (AvgIpc) is 2.38. The molecule has 0 fully saturated rings. The molecule has 1 aromatic carbocycles. The molecule has 0 unspecified atom stereocenters. The quantitative estimate of drug-likeness (QED) is 0.801. The second kappa shape index (κ2) is 9.31. The Bertz CT molecular complexity index is 497. The molecule has 0 atom stereocenters. The Labute approximate surface area is 129 Å². The minimum Gasteiger partial charge on any atom is -0.481 e. The highest BCUT2D eigenvalue weighted by Crippen LogP contribution is 2.08. The molecule has 21 heavy (non-hydrogen) atoms. The normalized spacial score (nSPS) is 10.1. The summed E-state index contributed by atoms with van der Waals surface area (Å²) in [6.07, 6.45) is -0.00699. The van der Waals surface area contributed by atoms with E-state index in [4.69, 9.17) is 5.11 Å². The Morgan fingerprint density at radius 1 is 1.38 bits per heavy atom. The lowest BCUT2D eigenvalue weighted by atomic mass is 10.1. The SMILES string of the molecule is Cc1ccc(CNC(=O)CN(C)CCC(=O)O)cc1F.Cl. The summed E-state index contributed by atoms with van der Waals surface area (Å²) in [5.41, 5.74) is 1.25. The van der Waals surface area contributed by atoms with E-state index in [0.717, 1.165) is 0 Å². The Kier molecular flexibility index (Phi) is 8.57. The van der Waals surface area contributed by atoms with Crippen LogP contribution in [-0.4, -0.2) is 42.0 Å². The van der Waals surface area contributed by atoms with Gasteiger partial charge in [-0.25, -0.2) is 4.39 Å². The van der Waals surface area contributed by atoms with Gasteiger partial charge in [-0.2, -0.15) is 0 Å². The number of carbonyl (C=O) groups excluding carboxylic acids is 1. The number of benzene rings is 1. The summed E-state index contributed by atoms with van der Waals surface area (Å²) in [4.78, 5) is 23.7. The molecule has 0 aliphatic rings. The third kappa shape index (κ3) is 7.63. The first-order valence-electron chi connectivity index (χ1n) is 6.30. The van der Waals surface area contributed by atoms with Gasteiger partial charge in [0.2, 0.25) is 5.91 Å². The molecule has 118 valence electrons. The van der Waals surface area contributed by atoms with Crippen LogP contribution in [0.3, 0.4) is 0 Å². The van der Waals surface area contributed by atoms with Gasteiger partial charge in [-0.05, 0) is 31.2 Å². The highest BCUT2D eigenvalue weighted by atomic mass is 35.5. The van der Waals surface area contributed by atoms with E-state index < -0.39 is 5.97 Å². The van der Waals surface area contributed by atoms with Crippen molar-refractivity contribution in [1.29, 1.82) is 0 Å². The van der Waals surface area contributed by atoms with Gasteiger partial charge in [0.05, 0.1) is 13.0 Å². The van der Waals surface area contributed by atoms with E-state index in [2.05, 4.69) is 5.32 Å². The molecule has 0 radical (unpaired) electrons. The van der Waals surface area contributed by atoms with Crippen LogP contribution in [0.4, 0.5) is 4.39 Å². The lowest BCUT2D eigenvalue weighted by Gasteiger charge is -2.15. The Morgan fingerprint density at radius 3 is 2.62 bits per heavy atom. The lowest BCUT2D eigenvalue weighted by Crippen LogP contribution is -2.35. The number of hydrogen-bond acceptors (Lipinski definition) is 3. The molecule has 0 heterocycles. The third-order valence-electron chi connectivity index (χ3n) is 2.85. The van der Waals surface area contributed by atoms with Gasteiger partial charge in [0.15, 0.2) is 0 Å². The van der Waals surface area contributed by atoms with Crippen LogP contribution in [0.2, 0.25) is 0 Å². The smallest absolute Gasteiger partial charge is 0.304 e. The van der Waals surface area contributed by atoms with Gasteiger partial charge in [-0.15, -0.1) is 12.4 Å². The molecular weight excluding hydrogens is 299 g/mol. The number of halogens is 2. The van der Waals surface area contributed by atoms with Crippen molar-refractivity contribution in [1.82, 2.24) is 10.2 Å². The molecule has 0 aromatic heterocycles. The summed E-state index contributed by atoms with van der Waals surface area (Å²) in [6.45, 7) is 2.35. The van der Waals surface area contributed by atoms with E-state index in [1.165, 1.54) is 6.07 Å². The van der Waals surface area contributed by atoms with Crippen LogP contribution in [-0.2, 0) is 16.1 Å². The van der Waals surface area contributed by atoms with Crippen LogP contribution < -0.4 is 5.32 Å². The van der Waals surface area contributed by atoms with Gasteiger partial charge in [0.25, 0.3) is 0 Å². The van der Waals surface area contributed by atoms with Crippen molar-refractivity contribution in [2.45, 2.75) is 19.9 Å². The maximum atomic E-state index is 13.3. The van der Waals surface area contributed by atoms with Crippen molar-refractivity contribution in [2.75, 3.05) is 20.1 Å². The van der Waals surface area contributed by atoms with Crippen molar-refractivity contribution >= 4 is 24.3 Å². The largest absolute Gasteiger partial charge is 0.481 e. The van der Waals surface area contributed by atoms with E-state index in [9.17, 15) is 14.0 Å². The number of nitrogens with one attached hydrogen (secondary N) is 1. The number of nitrogens with zero attached hydrogens (tertiary/aromatic N) is 1. The van der Waals surface area contributed by atoms with E-state index in [0.29, 0.717) is 17.7 Å². The van der Waals surface area contributed by atoms with Gasteiger partial charge in [-0.1, -0.05) is 12.1 Å². The maximum Gasteiger partial charge on any atom is 0.304 e. The van der Waals surface area contributed by atoms with Crippen LogP contribution in [0, 0.1) is 12.7 Å². The van der Waals surface area contributed by atoms with Crippen molar-refractivity contribution in [3.05, 3.63) is 35.1 Å². The maximum absolute atomic E-state index is 13.3. The van der Waals surface area contributed by atoms with Gasteiger partial charge in [0, 0.05) is 13.1 Å². The number of carboxylic acid groups (broad SMARTS) is 1. The lowest BCUT2D eigenvalue weighted by molar-refractivity contribution is -0.137. The zero-order valence-corrected chi connectivity index (χ0v) is 12.9. The summed E-state index contributed by atoms with van der Waals surface area (Å²) < 4.78 is 13.3. The fourth-order valence-corrected chi connectivity index (χ4v) is 1.61. The van der Waals surface area contributed by atoms with Gasteiger partial charge >= 0.3 is 5.97 Å².